The van der Waals surface area contributed by atoms with Gasteiger partial charge in [-0.25, -0.2) is 9.78 Å². The standard InChI is InChI=1S/C10H11F3N2O2/c1-2-17-9(16)10(12,13)7(14)6-4-3-5-15-8(6)11/h3-5,7H,2,14H2,1H3/t7-/m0/s1. The van der Waals surface area contributed by atoms with Crippen LogP contribution in [-0.4, -0.2) is 23.5 Å². The second-order valence-electron chi connectivity index (χ2n) is 3.20. The Labute approximate surface area is 95.6 Å². The highest BCUT2D eigenvalue weighted by atomic mass is 19.3. The van der Waals surface area contributed by atoms with Crippen LogP contribution in [-0.2, 0) is 9.53 Å². The molecule has 0 saturated heterocycles. The number of nitrogens with two attached hydrogens (primary N) is 1. The van der Waals surface area contributed by atoms with Gasteiger partial charge in [-0.1, -0.05) is 6.07 Å². The summed E-state index contributed by atoms with van der Waals surface area (Å²) in [5.41, 5.74) is 4.64. The van der Waals surface area contributed by atoms with Gasteiger partial charge in [0.25, 0.3) is 0 Å². The molecule has 0 aromatic carbocycles. The molecule has 0 bridgehead atoms. The number of hydrogen-bond donors (Lipinski definition) is 1. The van der Waals surface area contributed by atoms with Gasteiger partial charge in [0, 0.05) is 11.8 Å². The van der Waals surface area contributed by atoms with Gasteiger partial charge in [-0.3, -0.25) is 0 Å². The van der Waals surface area contributed by atoms with Gasteiger partial charge >= 0.3 is 11.9 Å². The third-order valence-electron chi connectivity index (χ3n) is 2.06. The summed E-state index contributed by atoms with van der Waals surface area (Å²) in [6, 6.07) is 0.162. The first-order valence-corrected chi connectivity index (χ1v) is 4.82. The van der Waals surface area contributed by atoms with E-state index in [9.17, 15) is 18.0 Å². The minimum absolute atomic E-state index is 0.212. The van der Waals surface area contributed by atoms with Crippen LogP contribution in [0, 0.1) is 5.95 Å². The van der Waals surface area contributed by atoms with Crippen molar-refractivity contribution in [3.8, 4) is 0 Å². The quantitative estimate of drug-likeness (QED) is 0.646. The molecule has 1 heterocycles. The molecule has 0 aliphatic heterocycles. The van der Waals surface area contributed by atoms with Crippen LogP contribution in [0.2, 0.25) is 0 Å². The number of carbonyl (C=O) groups is 1. The van der Waals surface area contributed by atoms with Gasteiger partial charge in [0.15, 0.2) is 0 Å². The molecule has 1 aromatic rings. The van der Waals surface area contributed by atoms with E-state index in [1.807, 2.05) is 0 Å². The predicted octanol–water partition coefficient (Wildman–Crippen LogP) is 1.42. The molecule has 0 saturated carbocycles. The lowest BCUT2D eigenvalue weighted by Crippen LogP contribution is -2.42. The van der Waals surface area contributed by atoms with Crippen molar-refractivity contribution in [2.24, 2.45) is 5.73 Å². The van der Waals surface area contributed by atoms with E-state index in [1.54, 1.807) is 0 Å². The number of halogens is 3. The van der Waals surface area contributed by atoms with Gasteiger partial charge in [-0.15, -0.1) is 0 Å². The third kappa shape index (κ3) is 2.73. The van der Waals surface area contributed by atoms with Crippen molar-refractivity contribution in [1.82, 2.24) is 4.98 Å². The molecule has 94 valence electrons. The summed E-state index contributed by atoms with van der Waals surface area (Å²) in [6.45, 7) is 1.17. The summed E-state index contributed by atoms with van der Waals surface area (Å²) >= 11 is 0. The van der Waals surface area contributed by atoms with Gasteiger partial charge < -0.3 is 10.5 Å². The molecular formula is C10H11F3N2O2. The Hall–Kier alpha value is -1.63. The average molecular weight is 248 g/mol. The fourth-order valence-corrected chi connectivity index (χ4v) is 1.18. The first kappa shape index (κ1) is 13.4. The monoisotopic (exact) mass is 248 g/mol. The summed E-state index contributed by atoms with van der Waals surface area (Å²) in [5.74, 6) is -6.92. The fourth-order valence-electron chi connectivity index (χ4n) is 1.18. The van der Waals surface area contributed by atoms with Crippen molar-refractivity contribution in [3.63, 3.8) is 0 Å². The lowest BCUT2D eigenvalue weighted by atomic mass is 10.0. The van der Waals surface area contributed by atoms with E-state index in [2.05, 4.69) is 9.72 Å². The largest absolute Gasteiger partial charge is 0.462 e. The van der Waals surface area contributed by atoms with E-state index in [4.69, 9.17) is 5.73 Å². The van der Waals surface area contributed by atoms with Crippen LogP contribution in [0.4, 0.5) is 13.2 Å². The predicted molar refractivity (Wildman–Crippen MR) is 52.7 cm³/mol. The molecular weight excluding hydrogens is 237 g/mol. The number of rotatable bonds is 4. The molecule has 0 spiro atoms. The van der Waals surface area contributed by atoms with Gasteiger partial charge in [0.05, 0.1) is 6.61 Å². The zero-order valence-electron chi connectivity index (χ0n) is 8.99. The van der Waals surface area contributed by atoms with Crippen molar-refractivity contribution < 1.29 is 22.7 Å². The maximum atomic E-state index is 13.5. The van der Waals surface area contributed by atoms with Crippen LogP contribution in [0.5, 0.6) is 0 Å². The molecule has 1 aromatic heterocycles. The Morgan fingerprint density at radius 2 is 2.29 bits per heavy atom. The SMILES string of the molecule is CCOC(=O)C(F)(F)[C@@H](N)c1cccnc1F. The maximum Gasteiger partial charge on any atom is 0.379 e. The van der Waals surface area contributed by atoms with Crippen LogP contribution in [0.15, 0.2) is 18.3 Å². The Morgan fingerprint density at radius 3 is 2.82 bits per heavy atom. The van der Waals surface area contributed by atoms with Crippen LogP contribution >= 0.6 is 0 Å². The van der Waals surface area contributed by atoms with Crippen molar-refractivity contribution in [2.75, 3.05) is 6.61 Å². The van der Waals surface area contributed by atoms with Crippen LogP contribution in [0.3, 0.4) is 0 Å². The zero-order chi connectivity index (χ0) is 13.1. The number of aromatic nitrogens is 1. The highest BCUT2D eigenvalue weighted by molar-refractivity contribution is 5.78. The minimum Gasteiger partial charge on any atom is -0.462 e. The third-order valence-corrected chi connectivity index (χ3v) is 2.06. The molecule has 0 aliphatic carbocycles. The summed E-state index contributed by atoms with van der Waals surface area (Å²) in [4.78, 5) is 14.2. The van der Waals surface area contributed by atoms with E-state index in [0.717, 1.165) is 12.3 Å². The minimum atomic E-state index is -4.00. The summed E-state index contributed by atoms with van der Waals surface area (Å²) in [5, 5.41) is 0. The number of hydrogen-bond acceptors (Lipinski definition) is 4. The van der Waals surface area contributed by atoms with Gasteiger partial charge in [0.2, 0.25) is 5.95 Å². The Morgan fingerprint density at radius 1 is 1.65 bits per heavy atom. The van der Waals surface area contributed by atoms with E-state index < -0.39 is 29.4 Å². The summed E-state index contributed by atoms with van der Waals surface area (Å²) in [6.07, 6.45) is 1.09. The zero-order valence-corrected chi connectivity index (χ0v) is 8.99. The highest BCUT2D eigenvalue weighted by Gasteiger charge is 2.48. The average Bonchev–Trinajstić information content (AvgIpc) is 2.29. The lowest BCUT2D eigenvalue weighted by Gasteiger charge is -2.21. The summed E-state index contributed by atoms with van der Waals surface area (Å²) < 4.78 is 44.3. The molecule has 1 rings (SSSR count). The maximum absolute atomic E-state index is 13.5. The molecule has 7 heteroatoms. The van der Waals surface area contributed by atoms with Crippen molar-refractivity contribution in [3.05, 3.63) is 29.8 Å². The number of alkyl halides is 2. The number of nitrogens with zero attached hydrogens (tertiary/aromatic N) is 1. The first-order chi connectivity index (χ1) is 7.91. The van der Waals surface area contributed by atoms with Crippen molar-refractivity contribution in [1.29, 1.82) is 0 Å². The van der Waals surface area contributed by atoms with Crippen LogP contribution in [0.1, 0.15) is 18.5 Å². The van der Waals surface area contributed by atoms with Gasteiger partial charge in [0.1, 0.15) is 6.04 Å². The number of esters is 1. The van der Waals surface area contributed by atoms with E-state index in [-0.39, 0.29) is 6.61 Å². The van der Waals surface area contributed by atoms with Crippen molar-refractivity contribution in [2.45, 2.75) is 18.9 Å². The number of pyridine rings is 1. The second-order valence-corrected chi connectivity index (χ2v) is 3.20. The molecule has 0 fully saturated rings. The highest BCUT2D eigenvalue weighted by Crippen LogP contribution is 2.31. The molecule has 0 amide bonds. The molecule has 1 atom stereocenters. The molecule has 0 aliphatic rings. The normalized spacial score (nSPS) is 13.2. The Kier molecular flexibility index (Phi) is 4.06. The summed E-state index contributed by atoms with van der Waals surface area (Å²) in [7, 11) is 0. The van der Waals surface area contributed by atoms with Crippen molar-refractivity contribution >= 4 is 5.97 Å². The smallest absolute Gasteiger partial charge is 0.379 e. The molecule has 2 N–H and O–H groups in total. The molecule has 4 nitrogen and oxygen atoms in total. The lowest BCUT2D eigenvalue weighted by molar-refractivity contribution is -0.174. The van der Waals surface area contributed by atoms with E-state index >= 15 is 0 Å². The fraction of sp³-hybridized carbons (Fsp3) is 0.400. The molecule has 0 radical (unpaired) electrons. The number of ether oxygens (including phenoxy) is 1. The Balaban J connectivity index is 3.00. The second kappa shape index (κ2) is 5.13. The van der Waals surface area contributed by atoms with Gasteiger partial charge in [-0.2, -0.15) is 13.2 Å². The Bertz CT molecular complexity index is 412. The van der Waals surface area contributed by atoms with Crippen LogP contribution in [0.25, 0.3) is 0 Å². The van der Waals surface area contributed by atoms with Crippen LogP contribution < -0.4 is 5.73 Å². The molecule has 17 heavy (non-hydrogen) atoms. The first-order valence-electron chi connectivity index (χ1n) is 4.82. The molecule has 0 unspecified atom stereocenters. The van der Waals surface area contributed by atoms with E-state index in [0.29, 0.717) is 0 Å². The topological polar surface area (TPSA) is 65.2 Å². The van der Waals surface area contributed by atoms with Gasteiger partial charge in [-0.05, 0) is 13.0 Å². The van der Waals surface area contributed by atoms with E-state index in [1.165, 1.54) is 13.0 Å². The number of carbonyl (C=O) groups excluding carboxylic acids is 1.